The van der Waals surface area contributed by atoms with E-state index < -0.39 is 5.41 Å². The summed E-state index contributed by atoms with van der Waals surface area (Å²) in [5.74, 6) is 0.558. The van der Waals surface area contributed by atoms with E-state index >= 15 is 0 Å². The molecule has 0 saturated carbocycles. The minimum Gasteiger partial charge on any atom is -0.491 e. The molecule has 3 rings (SSSR count). The maximum atomic E-state index is 11.7. The first kappa shape index (κ1) is 16.1. The van der Waals surface area contributed by atoms with Gasteiger partial charge in [0.15, 0.2) is 0 Å². The molecule has 1 N–H and O–H groups in total. The van der Waals surface area contributed by atoms with E-state index in [1.165, 1.54) is 6.08 Å². The third-order valence-electron chi connectivity index (χ3n) is 4.33. The van der Waals surface area contributed by atoms with Crippen LogP contribution in [0.4, 0.5) is 0 Å². The third kappa shape index (κ3) is 3.75. The van der Waals surface area contributed by atoms with Crippen molar-refractivity contribution in [2.75, 3.05) is 6.61 Å². The Hall–Kier alpha value is -2.80. The van der Waals surface area contributed by atoms with Crippen LogP contribution in [0.15, 0.2) is 66.0 Å². The molecule has 0 aromatic heterocycles. The van der Waals surface area contributed by atoms with Gasteiger partial charge in [0, 0.05) is 6.08 Å². The van der Waals surface area contributed by atoms with E-state index in [9.17, 15) is 4.79 Å². The number of hydrogen-bond donors (Lipinski definition) is 1. The predicted octanol–water partition coefficient (Wildman–Crippen LogP) is 3.04. The molecule has 0 fully saturated rings. The number of allylic oxidation sites excluding steroid dienone is 2. The lowest BCUT2D eigenvalue weighted by atomic mass is 9.84. The number of benzene rings is 1. The van der Waals surface area contributed by atoms with Crippen LogP contribution in [0.25, 0.3) is 0 Å². The number of carbonyl (C=O) groups is 1. The van der Waals surface area contributed by atoms with Crippen LogP contribution < -0.4 is 5.32 Å². The number of nitrogens with zero attached hydrogens (tertiary/aromatic N) is 1. The van der Waals surface area contributed by atoms with E-state index in [4.69, 9.17) is 10.00 Å². The molecule has 2 atom stereocenters. The van der Waals surface area contributed by atoms with Gasteiger partial charge in [0.25, 0.3) is 0 Å². The Bertz CT molecular complexity index is 756. The van der Waals surface area contributed by atoms with E-state index in [2.05, 4.69) is 11.4 Å². The van der Waals surface area contributed by atoms with E-state index in [1.807, 2.05) is 55.5 Å². The Morgan fingerprint density at radius 3 is 2.83 bits per heavy atom. The largest absolute Gasteiger partial charge is 0.491 e. The number of rotatable bonds is 5. The molecule has 1 aliphatic carbocycles. The van der Waals surface area contributed by atoms with Gasteiger partial charge in [0.1, 0.15) is 12.4 Å². The van der Waals surface area contributed by atoms with Crippen molar-refractivity contribution < 1.29 is 9.53 Å². The fourth-order valence-corrected chi connectivity index (χ4v) is 2.78. The van der Waals surface area contributed by atoms with Crippen LogP contribution in [-0.4, -0.2) is 18.6 Å². The zero-order chi connectivity index (χ0) is 17.0. The summed E-state index contributed by atoms with van der Waals surface area (Å²) < 4.78 is 5.87. The van der Waals surface area contributed by atoms with Crippen LogP contribution in [0.5, 0.6) is 0 Å². The molecule has 0 spiro atoms. The lowest BCUT2D eigenvalue weighted by molar-refractivity contribution is -0.116. The average molecular weight is 320 g/mol. The van der Waals surface area contributed by atoms with Crippen LogP contribution >= 0.6 is 0 Å². The number of amides is 1. The molecule has 24 heavy (non-hydrogen) atoms. The summed E-state index contributed by atoms with van der Waals surface area (Å²) in [6.45, 7) is 2.32. The van der Waals surface area contributed by atoms with Gasteiger partial charge in [-0.25, -0.2) is 0 Å². The average Bonchev–Trinajstić information content (AvgIpc) is 2.95. The molecule has 1 aliphatic heterocycles. The van der Waals surface area contributed by atoms with E-state index in [1.54, 1.807) is 0 Å². The number of carbonyl (C=O) groups excluding carboxylic acids is 1. The Balaban J connectivity index is 1.60. The molecular formula is C20H20N2O2. The number of nitrogens with one attached hydrogen (secondary N) is 1. The number of nitriles is 1. The molecule has 0 bridgehead atoms. The highest BCUT2D eigenvalue weighted by Gasteiger charge is 2.26. The molecule has 0 radical (unpaired) electrons. The van der Waals surface area contributed by atoms with Crippen molar-refractivity contribution in [3.63, 3.8) is 0 Å². The fourth-order valence-electron chi connectivity index (χ4n) is 2.78. The van der Waals surface area contributed by atoms with Crippen molar-refractivity contribution in [2.45, 2.75) is 25.8 Å². The topological polar surface area (TPSA) is 62.1 Å². The molecule has 4 nitrogen and oxygen atoms in total. The zero-order valence-corrected chi connectivity index (χ0v) is 13.7. The first-order chi connectivity index (χ1) is 11.6. The monoisotopic (exact) mass is 320 g/mol. The molecule has 1 aromatic carbocycles. The van der Waals surface area contributed by atoms with Crippen molar-refractivity contribution in [1.82, 2.24) is 5.32 Å². The predicted molar refractivity (Wildman–Crippen MR) is 91.7 cm³/mol. The smallest absolute Gasteiger partial charge is 0.248 e. The maximum Gasteiger partial charge on any atom is 0.248 e. The quantitative estimate of drug-likeness (QED) is 0.907. The number of ether oxygens (including phenoxy) is 1. The molecule has 1 unspecified atom stereocenters. The summed E-state index contributed by atoms with van der Waals surface area (Å²) in [5.41, 5.74) is 1.76. The second-order valence-corrected chi connectivity index (χ2v) is 6.43. The second-order valence-electron chi connectivity index (χ2n) is 6.43. The van der Waals surface area contributed by atoms with E-state index in [0.717, 1.165) is 11.1 Å². The minimum atomic E-state index is -0.427. The lowest BCUT2D eigenvalue weighted by Gasteiger charge is -2.21. The van der Waals surface area contributed by atoms with Crippen molar-refractivity contribution in [3.8, 4) is 6.07 Å². The Morgan fingerprint density at radius 1 is 1.38 bits per heavy atom. The van der Waals surface area contributed by atoms with Gasteiger partial charge in [-0.05, 0) is 30.9 Å². The summed E-state index contributed by atoms with van der Waals surface area (Å²) in [7, 11) is 0. The van der Waals surface area contributed by atoms with Crippen LogP contribution in [0.1, 0.15) is 18.9 Å². The van der Waals surface area contributed by atoms with Crippen molar-refractivity contribution in [3.05, 3.63) is 71.5 Å². The molecule has 122 valence electrons. The maximum absolute atomic E-state index is 11.7. The molecule has 1 heterocycles. The van der Waals surface area contributed by atoms with Crippen molar-refractivity contribution >= 4 is 5.91 Å². The highest BCUT2D eigenvalue weighted by atomic mass is 16.5. The molecule has 1 aromatic rings. The van der Waals surface area contributed by atoms with Crippen molar-refractivity contribution in [1.29, 1.82) is 5.26 Å². The third-order valence-corrected chi connectivity index (χ3v) is 4.33. The molecular weight excluding hydrogens is 300 g/mol. The summed E-state index contributed by atoms with van der Waals surface area (Å²) >= 11 is 0. The molecule has 1 amide bonds. The van der Waals surface area contributed by atoms with Crippen LogP contribution in [0, 0.1) is 16.7 Å². The van der Waals surface area contributed by atoms with Gasteiger partial charge in [-0.1, -0.05) is 48.6 Å². The molecule has 0 saturated heterocycles. The van der Waals surface area contributed by atoms with Gasteiger partial charge in [-0.3, -0.25) is 4.79 Å². The first-order valence-corrected chi connectivity index (χ1v) is 8.06. The highest BCUT2D eigenvalue weighted by molar-refractivity contribution is 5.91. The van der Waals surface area contributed by atoms with Gasteiger partial charge in [0.2, 0.25) is 5.91 Å². The SMILES string of the molecule is CC1(C#N)C=CC(COC2=CC(=O)N[C@H]2Cc2ccccc2)=CC1. The van der Waals surface area contributed by atoms with Gasteiger partial charge in [0.05, 0.1) is 17.5 Å². The normalized spacial score (nSPS) is 25.5. The lowest BCUT2D eigenvalue weighted by Crippen LogP contribution is -2.31. The number of hydrogen-bond acceptors (Lipinski definition) is 3. The Labute approximate surface area is 142 Å². The second kappa shape index (κ2) is 6.76. The summed E-state index contributed by atoms with van der Waals surface area (Å²) in [6, 6.07) is 12.2. The summed E-state index contributed by atoms with van der Waals surface area (Å²) in [6.07, 6.45) is 8.80. The molecule has 4 heteroatoms. The van der Waals surface area contributed by atoms with Crippen LogP contribution in [0.2, 0.25) is 0 Å². The minimum absolute atomic E-state index is 0.115. The van der Waals surface area contributed by atoms with Gasteiger partial charge in [-0.15, -0.1) is 0 Å². The summed E-state index contributed by atoms with van der Waals surface area (Å²) in [4.78, 5) is 11.7. The highest BCUT2D eigenvalue weighted by Crippen LogP contribution is 2.28. The first-order valence-electron chi connectivity index (χ1n) is 8.06. The zero-order valence-electron chi connectivity index (χ0n) is 13.7. The van der Waals surface area contributed by atoms with Crippen LogP contribution in [-0.2, 0) is 16.0 Å². The van der Waals surface area contributed by atoms with Gasteiger partial charge < -0.3 is 10.1 Å². The van der Waals surface area contributed by atoms with Crippen molar-refractivity contribution in [2.24, 2.45) is 5.41 Å². The Morgan fingerprint density at radius 2 is 2.17 bits per heavy atom. The van der Waals surface area contributed by atoms with E-state index in [0.29, 0.717) is 25.2 Å². The van der Waals surface area contributed by atoms with Gasteiger partial charge >= 0.3 is 0 Å². The fraction of sp³-hybridized carbons (Fsp3) is 0.300. The van der Waals surface area contributed by atoms with Crippen LogP contribution in [0.3, 0.4) is 0 Å². The Kier molecular flexibility index (Phi) is 4.52. The van der Waals surface area contributed by atoms with Gasteiger partial charge in [-0.2, -0.15) is 5.26 Å². The standard InChI is InChI=1S/C20H20N2O2/c1-20(14-21)9-7-16(8-10-20)13-24-18-12-19(23)22-17(18)11-15-5-3-2-4-6-15/h2-9,12,17H,10-11,13H2,1H3,(H,22,23)/t17-,20?/m0/s1. The summed E-state index contributed by atoms with van der Waals surface area (Å²) in [5, 5.41) is 12.1. The van der Waals surface area contributed by atoms with E-state index in [-0.39, 0.29) is 11.9 Å². The molecule has 2 aliphatic rings.